The molecule has 2 N–H and O–H groups in total. The van der Waals surface area contributed by atoms with E-state index in [1.54, 1.807) is 12.1 Å². The van der Waals surface area contributed by atoms with Crippen molar-refractivity contribution in [3.8, 4) is 0 Å². The summed E-state index contributed by atoms with van der Waals surface area (Å²) in [4.78, 5) is 11.1. The number of fused-ring (bicyclic) bond motifs is 1. The first-order valence-corrected chi connectivity index (χ1v) is 6.35. The lowest BCUT2D eigenvalue weighted by Gasteiger charge is -2.13. The number of hydrogen-bond acceptors (Lipinski definition) is 2. The highest BCUT2D eigenvalue weighted by atomic mass is 19.4. The van der Waals surface area contributed by atoms with Crippen molar-refractivity contribution in [2.45, 2.75) is 18.7 Å². The Bertz CT molecular complexity index is 640. The van der Waals surface area contributed by atoms with Crippen LogP contribution < -0.4 is 5.32 Å². The molecule has 2 rings (SSSR count). The fourth-order valence-electron chi connectivity index (χ4n) is 1.99. The Balaban J connectivity index is 1.99. The Hall–Kier alpha value is -2.08. The predicted molar refractivity (Wildman–Crippen MR) is 72.6 cm³/mol. The minimum atomic E-state index is -4.54. The zero-order valence-corrected chi connectivity index (χ0v) is 11.0. The van der Waals surface area contributed by atoms with Gasteiger partial charge >= 0.3 is 6.18 Å². The number of amides is 1. The molecule has 2 aromatic rings. The molecule has 0 bridgehead atoms. The van der Waals surface area contributed by atoms with Crippen molar-refractivity contribution < 1.29 is 23.1 Å². The lowest BCUT2D eigenvalue weighted by molar-refractivity contribution is -0.154. The van der Waals surface area contributed by atoms with E-state index >= 15 is 0 Å². The number of hydrogen-bond donors (Lipinski definition) is 2. The van der Waals surface area contributed by atoms with Gasteiger partial charge in [-0.15, -0.1) is 0 Å². The Labute approximate surface area is 119 Å². The third-order valence-electron chi connectivity index (χ3n) is 3.01. The van der Waals surface area contributed by atoms with Crippen LogP contribution in [-0.4, -0.2) is 23.7 Å². The summed E-state index contributed by atoms with van der Waals surface area (Å²) in [6, 6.07) is 12.8. The maximum absolute atomic E-state index is 12.0. The molecule has 0 heterocycles. The smallest absolute Gasteiger partial charge is 0.387 e. The number of rotatable bonds is 4. The highest BCUT2D eigenvalue weighted by Gasteiger charge is 2.31. The largest absolute Gasteiger partial charge is 0.397 e. The van der Waals surface area contributed by atoms with Crippen molar-refractivity contribution in [2.24, 2.45) is 0 Å². The minimum absolute atomic E-state index is 0.257. The van der Waals surface area contributed by atoms with Crippen LogP contribution in [0.5, 0.6) is 0 Å². The average Bonchev–Trinajstić information content (AvgIpc) is 2.42. The second kappa shape index (κ2) is 6.13. The number of aliphatic hydroxyl groups is 1. The summed E-state index contributed by atoms with van der Waals surface area (Å²) in [5, 5.41) is 13.9. The molecule has 0 radical (unpaired) electrons. The van der Waals surface area contributed by atoms with Crippen LogP contribution in [-0.2, 0) is 4.79 Å². The molecule has 0 aromatic heterocycles. The summed E-state index contributed by atoms with van der Waals surface area (Å²) in [7, 11) is 0. The van der Waals surface area contributed by atoms with E-state index in [-0.39, 0.29) is 6.54 Å². The van der Waals surface area contributed by atoms with Crippen LogP contribution in [0.2, 0.25) is 0 Å². The van der Waals surface area contributed by atoms with Gasteiger partial charge in [-0.05, 0) is 22.4 Å². The van der Waals surface area contributed by atoms with Gasteiger partial charge in [0.05, 0.1) is 6.10 Å². The maximum Gasteiger partial charge on any atom is 0.397 e. The lowest BCUT2D eigenvalue weighted by atomic mass is 10.0. The van der Waals surface area contributed by atoms with Crippen molar-refractivity contribution in [3.63, 3.8) is 0 Å². The molecular formula is C15H14F3NO2. The molecule has 0 aliphatic rings. The number of carbonyl (C=O) groups excluding carboxylic acids is 1. The second-order valence-corrected chi connectivity index (χ2v) is 4.72. The normalized spacial score (nSPS) is 13.1. The topological polar surface area (TPSA) is 49.3 Å². The standard InChI is InChI=1S/C15H14F3NO2/c16-15(17,18)8-14(21)19-9-13(20)12-6-5-10-3-1-2-4-11(10)7-12/h1-7,13,20H,8-9H2,(H,19,21)/t13-/m0/s1. The Morgan fingerprint density at radius 1 is 1.14 bits per heavy atom. The van der Waals surface area contributed by atoms with Crippen LogP contribution in [0.1, 0.15) is 18.1 Å². The average molecular weight is 297 g/mol. The third-order valence-corrected chi connectivity index (χ3v) is 3.01. The predicted octanol–water partition coefficient (Wildman–Crippen LogP) is 2.94. The van der Waals surface area contributed by atoms with Crippen LogP contribution in [0.4, 0.5) is 13.2 Å². The van der Waals surface area contributed by atoms with E-state index in [0.717, 1.165) is 10.8 Å². The van der Waals surface area contributed by atoms with Crippen molar-refractivity contribution in [1.29, 1.82) is 0 Å². The van der Waals surface area contributed by atoms with Crippen LogP contribution in [0.15, 0.2) is 42.5 Å². The van der Waals surface area contributed by atoms with Gasteiger partial charge < -0.3 is 10.4 Å². The van der Waals surface area contributed by atoms with E-state index in [4.69, 9.17) is 0 Å². The van der Waals surface area contributed by atoms with Gasteiger partial charge in [-0.25, -0.2) is 0 Å². The zero-order chi connectivity index (χ0) is 15.5. The molecule has 21 heavy (non-hydrogen) atoms. The summed E-state index contributed by atoms with van der Waals surface area (Å²) >= 11 is 0. The van der Waals surface area contributed by atoms with Crippen molar-refractivity contribution >= 4 is 16.7 Å². The summed E-state index contributed by atoms with van der Waals surface area (Å²) in [5.41, 5.74) is 0.543. The molecule has 0 aliphatic heterocycles. The monoisotopic (exact) mass is 297 g/mol. The van der Waals surface area contributed by atoms with Gasteiger partial charge in [0, 0.05) is 6.54 Å². The van der Waals surface area contributed by atoms with E-state index in [1.165, 1.54) is 0 Å². The van der Waals surface area contributed by atoms with E-state index in [0.29, 0.717) is 5.56 Å². The zero-order valence-electron chi connectivity index (χ0n) is 11.0. The fourth-order valence-corrected chi connectivity index (χ4v) is 1.99. The molecule has 0 saturated heterocycles. The summed E-state index contributed by atoms with van der Waals surface area (Å²) < 4.78 is 36.0. The van der Waals surface area contributed by atoms with E-state index in [9.17, 15) is 23.1 Å². The molecule has 0 saturated carbocycles. The molecule has 0 spiro atoms. The second-order valence-electron chi connectivity index (χ2n) is 4.72. The first-order valence-electron chi connectivity index (χ1n) is 6.35. The Morgan fingerprint density at radius 3 is 2.48 bits per heavy atom. The lowest BCUT2D eigenvalue weighted by Crippen LogP contribution is -2.31. The van der Waals surface area contributed by atoms with Gasteiger partial charge in [0.1, 0.15) is 6.42 Å². The number of alkyl halides is 3. The molecule has 1 atom stereocenters. The summed E-state index contributed by atoms with van der Waals surface area (Å²) in [5.74, 6) is -1.15. The van der Waals surface area contributed by atoms with Crippen LogP contribution >= 0.6 is 0 Å². The summed E-state index contributed by atoms with van der Waals surface area (Å²) in [6.45, 7) is -0.257. The molecule has 112 valence electrons. The molecule has 3 nitrogen and oxygen atoms in total. The third kappa shape index (κ3) is 4.46. The maximum atomic E-state index is 12.0. The Morgan fingerprint density at radius 2 is 1.81 bits per heavy atom. The van der Waals surface area contributed by atoms with Gasteiger partial charge in [-0.3, -0.25) is 4.79 Å². The molecule has 0 unspecified atom stereocenters. The van der Waals surface area contributed by atoms with E-state index < -0.39 is 24.6 Å². The number of carbonyl (C=O) groups is 1. The van der Waals surface area contributed by atoms with Gasteiger partial charge in [0.15, 0.2) is 0 Å². The first-order chi connectivity index (χ1) is 9.85. The number of benzene rings is 2. The number of nitrogens with one attached hydrogen (secondary N) is 1. The molecule has 0 fully saturated rings. The molecular weight excluding hydrogens is 283 g/mol. The molecule has 6 heteroatoms. The number of aliphatic hydroxyl groups excluding tert-OH is 1. The van der Waals surface area contributed by atoms with Gasteiger partial charge in [0.2, 0.25) is 5.91 Å². The summed E-state index contributed by atoms with van der Waals surface area (Å²) in [6.07, 6.45) is -7.14. The van der Waals surface area contributed by atoms with Gasteiger partial charge in [-0.1, -0.05) is 36.4 Å². The van der Waals surface area contributed by atoms with Gasteiger partial charge in [0.25, 0.3) is 0 Å². The van der Waals surface area contributed by atoms with Crippen molar-refractivity contribution in [3.05, 3.63) is 48.0 Å². The van der Waals surface area contributed by atoms with E-state index in [2.05, 4.69) is 5.32 Å². The van der Waals surface area contributed by atoms with Crippen LogP contribution in [0.3, 0.4) is 0 Å². The highest BCUT2D eigenvalue weighted by molar-refractivity contribution is 5.83. The first kappa shape index (κ1) is 15.3. The van der Waals surface area contributed by atoms with E-state index in [1.807, 2.05) is 30.3 Å². The SMILES string of the molecule is O=C(CC(F)(F)F)NC[C@H](O)c1ccc2ccccc2c1. The molecule has 2 aromatic carbocycles. The fraction of sp³-hybridized carbons (Fsp3) is 0.267. The molecule has 0 aliphatic carbocycles. The van der Waals surface area contributed by atoms with Crippen molar-refractivity contribution in [2.75, 3.05) is 6.54 Å². The minimum Gasteiger partial charge on any atom is -0.387 e. The van der Waals surface area contributed by atoms with Crippen LogP contribution in [0.25, 0.3) is 10.8 Å². The highest BCUT2D eigenvalue weighted by Crippen LogP contribution is 2.21. The molecule has 1 amide bonds. The van der Waals surface area contributed by atoms with Crippen molar-refractivity contribution in [1.82, 2.24) is 5.32 Å². The Kier molecular flexibility index (Phi) is 4.47. The number of halogens is 3. The van der Waals surface area contributed by atoms with Gasteiger partial charge in [-0.2, -0.15) is 13.2 Å². The van der Waals surface area contributed by atoms with Crippen LogP contribution in [0, 0.1) is 0 Å². The quantitative estimate of drug-likeness (QED) is 0.911.